The molecular formula is C30H27N3O6. The van der Waals surface area contributed by atoms with Gasteiger partial charge in [-0.15, -0.1) is 19.7 Å². The maximum absolute atomic E-state index is 11.0. The minimum Gasteiger partial charge on any atom is -0.508 e. The van der Waals surface area contributed by atoms with Crippen LogP contribution in [0.25, 0.3) is 34.2 Å². The van der Waals surface area contributed by atoms with Gasteiger partial charge in [0.2, 0.25) is 0 Å². The molecule has 0 atom stereocenters. The highest BCUT2D eigenvalue weighted by atomic mass is 16.3. The second kappa shape index (κ2) is 11.0. The molecule has 1 heterocycles. The molecule has 0 amide bonds. The lowest BCUT2D eigenvalue weighted by molar-refractivity contribution is 0.441. The van der Waals surface area contributed by atoms with Crippen LogP contribution in [0.1, 0.15) is 16.7 Å². The summed E-state index contributed by atoms with van der Waals surface area (Å²) in [5.41, 5.74) is 1.11. The Kier molecular flexibility index (Phi) is 7.53. The van der Waals surface area contributed by atoms with E-state index < -0.39 is 0 Å². The van der Waals surface area contributed by atoms with E-state index in [2.05, 4.69) is 34.7 Å². The topological polar surface area (TPSA) is 160 Å². The molecule has 0 aliphatic carbocycles. The summed E-state index contributed by atoms with van der Waals surface area (Å²) >= 11 is 0. The van der Waals surface area contributed by atoms with Crippen molar-refractivity contribution < 1.29 is 30.6 Å². The Balaban J connectivity index is 2.05. The first-order valence-electron chi connectivity index (χ1n) is 11.9. The molecule has 0 saturated carbocycles. The monoisotopic (exact) mass is 525 g/mol. The molecular weight excluding hydrogens is 498 g/mol. The van der Waals surface area contributed by atoms with Crippen molar-refractivity contribution in [2.45, 2.75) is 19.3 Å². The zero-order valence-electron chi connectivity index (χ0n) is 21.0. The lowest BCUT2D eigenvalue weighted by Crippen LogP contribution is -2.02. The number of benzene rings is 3. The number of phenols is 6. The minimum atomic E-state index is -0.275. The largest absolute Gasteiger partial charge is 0.508 e. The highest BCUT2D eigenvalue weighted by molar-refractivity contribution is 5.77. The maximum atomic E-state index is 11.0. The second-order valence-corrected chi connectivity index (χ2v) is 8.66. The van der Waals surface area contributed by atoms with E-state index in [1.54, 1.807) is 0 Å². The lowest BCUT2D eigenvalue weighted by atomic mass is 10.0. The molecule has 0 unspecified atom stereocenters. The van der Waals surface area contributed by atoms with Gasteiger partial charge >= 0.3 is 0 Å². The van der Waals surface area contributed by atoms with Crippen LogP contribution in [0.15, 0.2) is 74.4 Å². The van der Waals surface area contributed by atoms with Crippen LogP contribution in [-0.4, -0.2) is 45.6 Å². The van der Waals surface area contributed by atoms with Crippen LogP contribution in [0.2, 0.25) is 0 Å². The molecule has 0 aliphatic heterocycles. The number of aromatic hydroxyl groups is 6. The number of allylic oxidation sites excluding steroid dienone is 3. The maximum Gasteiger partial charge on any atom is 0.167 e. The van der Waals surface area contributed by atoms with Crippen molar-refractivity contribution in [3.63, 3.8) is 0 Å². The molecule has 198 valence electrons. The van der Waals surface area contributed by atoms with Crippen molar-refractivity contribution in [1.29, 1.82) is 0 Å². The van der Waals surface area contributed by atoms with Crippen molar-refractivity contribution in [3.8, 4) is 68.7 Å². The van der Waals surface area contributed by atoms with Crippen LogP contribution < -0.4 is 0 Å². The molecule has 0 bridgehead atoms. The SMILES string of the molecule is C=CCc1c(O)ccc(-c2nc(-c3ccc(O)c(CC=C)c3O)nc(-c3ccc(O)c(CC=C)c3O)n2)c1O. The summed E-state index contributed by atoms with van der Waals surface area (Å²) in [6.07, 6.45) is 5.08. The predicted octanol–water partition coefficient (Wildman–Crippen LogP) is 5.29. The quantitative estimate of drug-likeness (QED) is 0.160. The van der Waals surface area contributed by atoms with E-state index in [-0.39, 0.29) is 105 Å². The van der Waals surface area contributed by atoms with Gasteiger partial charge in [0.25, 0.3) is 0 Å². The molecule has 4 aromatic rings. The van der Waals surface area contributed by atoms with Crippen LogP contribution in [0.4, 0.5) is 0 Å². The van der Waals surface area contributed by atoms with Gasteiger partial charge in [0.05, 0.1) is 16.7 Å². The van der Waals surface area contributed by atoms with E-state index in [0.29, 0.717) is 0 Å². The first-order valence-corrected chi connectivity index (χ1v) is 11.9. The Labute approximate surface area is 224 Å². The molecule has 6 N–H and O–H groups in total. The van der Waals surface area contributed by atoms with Gasteiger partial charge in [0.1, 0.15) is 34.5 Å². The Morgan fingerprint density at radius 2 is 0.718 bits per heavy atom. The summed E-state index contributed by atoms with van der Waals surface area (Å²) in [4.78, 5) is 13.5. The first-order chi connectivity index (χ1) is 18.7. The molecule has 0 spiro atoms. The van der Waals surface area contributed by atoms with Crippen molar-refractivity contribution in [1.82, 2.24) is 15.0 Å². The van der Waals surface area contributed by atoms with Crippen LogP contribution >= 0.6 is 0 Å². The van der Waals surface area contributed by atoms with E-state index in [9.17, 15) is 30.6 Å². The van der Waals surface area contributed by atoms with Crippen molar-refractivity contribution in [3.05, 3.63) is 91.1 Å². The highest BCUT2D eigenvalue weighted by Gasteiger charge is 2.23. The van der Waals surface area contributed by atoms with Gasteiger partial charge in [0.15, 0.2) is 17.5 Å². The Bertz CT molecular complexity index is 1410. The van der Waals surface area contributed by atoms with Gasteiger partial charge in [-0.1, -0.05) is 18.2 Å². The molecule has 9 heteroatoms. The van der Waals surface area contributed by atoms with E-state index in [4.69, 9.17) is 0 Å². The van der Waals surface area contributed by atoms with E-state index in [1.165, 1.54) is 54.6 Å². The third-order valence-electron chi connectivity index (χ3n) is 6.18. The van der Waals surface area contributed by atoms with Gasteiger partial charge in [0, 0.05) is 16.7 Å². The number of phenolic OH excluding ortho intramolecular Hbond substituents is 6. The number of aromatic nitrogens is 3. The molecule has 0 saturated heterocycles. The van der Waals surface area contributed by atoms with Crippen LogP contribution in [0, 0.1) is 0 Å². The number of hydrogen-bond donors (Lipinski definition) is 6. The van der Waals surface area contributed by atoms with Gasteiger partial charge in [-0.25, -0.2) is 15.0 Å². The molecule has 9 nitrogen and oxygen atoms in total. The van der Waals surface area contributed by atoms with E-state index in [0.717, 1.165) is 0 Å². The number of nitrogens with zero attached hydrogens (tertiary/aromatic N) is 3. The standard InChI is InChI=1S/C30H27N3O6/c1-4-7-16-22(34)13-10-19(25(16)37)28-31-29(20-11-14-23(35)17(8-5-2)26(20)38)33-30(32-28)21-12-15-24(36)18(9-6-3)27(21)39/h4-6,10-15,34-39H,1-3,7-9H2. The normalized spacial score (nSPS) is 10.8. The minimum absolute atomic E-state index is 0.0201. The summed E-state index contributed by atoms with van der Waals surface area (Å²) < 4.78 is 0. The number of rotatable bonds is 9. The Morgan fingerprint density at radius 3 is 0.949 bits per heavy atom. The molecule has 1 aromatic heterocycles. The molecule has 3 aromatic carbocycles. The predicted molar refractivity (Wildman–Crippen MR) is 148 cm³/mol. The van der Waals surface area contributed by atoms with E-state index in [1.807, 2.05) is 0 Å². The zero-order valence-corrected chi connectivity index (χ0v) is 21.0. The summed E-state index contributed by atoms with van der Waals surface area (Å²) in [7, 11) is 0. The van der Waals surface area contributed by atoms with Crippen LogP contribution in [0.3, 0.4) is 0 Å². The lowest BCUT2D eigenvalue weighted by Gasteiger charge is -2.15. The zero-order chi connectivity index (χ0) is 28.3. The third kappa shape index (κ3) is 4.97. The van der Waals surface area contributed by atoms with Crippen molar-refractivity contribution in [2.75, 3.05) is 0 Å². The van der Waals surface area contributed by atoms with Crippen LogP contribution in [0.5, 0.6) is 34.5 Å². The van der Waals surface area contributed by atoms with Crippen LogP contribution in [-0.2, 0) is 19.3 Å². The smallest absolute Gasteiger partial charge is 0.167 e. The summed E-state index contributed by atoms with van der Waals surface area (Å²) in [5.74, 6) is -1.30. The van der Waals surface area contributed by atoms with Gasteiger partial charge < -0.3 is 30.6 Å². The Hall–Kier alpha value is -5.31. The molecule has 0 radical (unpaired) electrons. The summed E-state index contributed by atoms with van der Waals surface area (Å²) in [5, 5.41) is 63.7. The average molecular weight is 526 g/mol. The fraction of sp³-hybridized carbons (Fsp3) is 0.100. The fourth-order valence-corrected chi connectivity index (χ4v) is 4.19. The second-order valence-electron chi connectivity index (χ2n) is 8.66. The van der Waals surface area contributed by atoms with Gasteiger partial charge in [-0.3, -0.25) is 0 Å². The van der Waals surface area contributed by atoms with Gasteiger partial charge in [-0.05, 0) is 55.7 Å². The number of hydrogen-bond acceptors (Lipinski definition) is 9. The molecule has 0 fully saturated rings. The third-order valence-corrected chi connectivity index (χ3v) is 6.18. The average Bonchev–Trinajstić information content (AvgIpc) is 2.91. The van der Waals surface area contributed by atoms with E-state index >= 15 is 0 Å². The fourth-order valence-electron chi connectivity index (χ4n) is 4.19. The molecule has 4 rings (SSSR count). The van der Waals surface area contributed by atoms with Crippen molar-refractivity contribution in [2.24, 2.45) is 0 Å². The molecule has 39 heavy (non-hydrogen) atoms. The Morgan fingerprint density at radius 1 is 0.462 bits per heavy atom. The van der Waals surface area contributed by atoms with Gasteiger partial charge in [-0.2, -0.15) is 0 Å². The first kappa shape index (κ1) is 26.7. The summed E-state index contributed by atoms with van der Waals surface area (Å²) in [6.45, 7) is 11.0. The van der Waals surface area contributed by atoms with Crippen molar-refractivity contribution >= 4 is 0 Å². The molecule has 0 aliphatic rings. The summed E-state index contributed by atoms with van der Waals surface area (Å²) in [6, 6.07) is 8.45. The highest BCUT2D eigenvalue weighted by Crippen LogP contribution is 2.42.